The molecule has 0 radical (unpaired) electrons. The van der Waals surface area contributed by atoms with Gasteiger partial charge in [-0.25, -0.2) is 12.8 Å². The number of anilines is 1. The van der Waals surface area contributed by atoms with Crippen LogP contribution in [0.15, 0.2) is 78.9 Å². The van der Waals surface area contributed by atoms with E-state index in [1.165, 1.54) is 35.2 Å². The number of amides is 2. The molecule has 3 aromatic carbocycles. The summed E-state index contributed by atoms with van der Waals surface area (Å²) in [6.45, 7) is 3.22. The lowest BCUT2D eigenvalue weighted by Crippen LogP contribution is -2.54. The minimum Gasteiger partial charge on any atom is -0.352 e. The van der Waals surface area contributed by atoms with E-state index in [1.807, 2.05) is 44.2 Å². The molecule has 0 aliphatic carbocycles. The van der Waals surface area contributed by atoms with Crippen molar-refractivity contribution in [2.45, 2.75) is 45.3 Å². The van der Waals surface area contributed by atoms with Gasteiger partial charge in [0.2, 0.25) is 21.8 Å². The summed E-state index contributed by atoms with van der Waals surface area (Å²) in [4.78, 5) is 28.9. The van der Waals surface area contributed by atoms with Gasteiger partial charge in [0, 0.05) is 24.0 Å². The first-order valence-corrected chi connectivity index (χ1v) is 14.8. The lowest BCUT2D eigenvalue weighted by molar-refractivity contribution is -0.140. The van der Waals surface area contributed by atoms with Crippen molar-refractivity contribution in [2.75, 3.05) is 17.1 Å². The molecule has 0 aromatic heterocycles. The van der Waals surface area contributed by atoms with Gasteiger partial charge in [-0.2, -0.15) is 0 Å². The third-order valence-corrected chi connectivity index (χ3v) is 7.69. The van der Waals surface area contributed by atoms with Crippen LogP contribution in [-0.2, 0) is 32.6 Å². The number of hydrogen-bond donors (Lipinski definition) is 1. The number of carbonyl (C=O) groups is 2. The Morgan fingerprint density at radius 2 is 1.64 bits per heavy atom. The molecule has 0 bridgehead atoms. The van der Waals surface area contributed by atoms with Crippen LogP contribution in [0.1, 0.15) is 31.4 Å². The standard InChI is InChI=1S/C29H33ClFN3O4S/c1-4-21(2)32-29(36)27(17-22-9-6-5-7-10-22)33(19-23-13-15-25(31)16-14-23)28(35)20-34(39(3,37)38)26-12-8-11-24(30)18-26/h5-16,18,21,27H,4,17,19-20H2,1-3H3,(H,32,36)/t21-,27+/m0/s1. The Bertz CT molecular complexity index is 1370. The number of sulfonamides is 1. The molecule has 0 heterocycles. The first-order chi connectivity index (χ1) is 18.5. The molecule has 10 heteroatoms. The van der Waals surface area contributed by atoms with E-state index in [1.54, 1.807) is 18.2 Å². The van der Waals surface area contributed by atoms with Crippen LogP contribution in [0.25, 0.3) is 0 Å². The third kappa shape index (κ3) is 8.80. The maximum atomic E-state index is 14.0. The average molecular weight is 574 g/mol. The molecular weight excluding hydrogens is 541 g/mol. The topological polar surface area (TPSA) is 86.8 Å². The minimum atomic E-state index is -3.89. The van der Waals surface area contributed by atoms with Gasteiger partial charge >= 0.3 is 0 Å². The molecule has 0 aliphatic heterocycles. The van der Waals surface area contributed by atoms with Gasteiger partial charge < -0.3 is 10.2 Å². The Kier molecular flexibility index (Phi) is 10.5. The van der Waals surface area contributed by atoms with Crippen molar-refractivity contribution in [2.24, 2.45) is 0 Å². The highest BCUT2D eigenvalue weighted by Gasteiger charge is 2.33. The van der Waals surface area contributed by atoms with Crippen molar-refractivity contribution < 1.29 is 22.4 Å². The molecule has 1 N–H and O–H groups in total. The molecule has 3 aromatic rings. The van der Waals surface area contributed by atoms with Crippen molar-refractivity contribution >= 4 is 39.1 Å². The summed E-state index contributed by atoms with van der Waals surface area (Å²) in [7, 11) is -3.89. The van der Waals surface area contributed by atoms with Crippen LogP contribution < -0.4 is 9.62 Å². The molecule has 2 atom stereocenters. The molecule has 39 heavy (non-hydrogen) atoms. The van der Waals surface area contributed by atoms with Crippen LogP contribution in [0.3, 0.4) is 0 Å². The van der Waals surface area contributed by atoms with Crippen LogP contribution in [0, 0.1) is 5.82 Å². The van der Waals surface area contributed by atoms with Gasteiger partial charge in [0.1, 0.15) is 18.4 Å². The molecule has 208 valence electrons. The van der Waals surface area contributed by atoms with Gasteiger partial charge in [0.05, 0.1) is 11.9 Å². The first kappa shape index (κ1) is 30.1. The van der Waals surface area contributed by atoms with Crippen LogP contribution in [0.5, 0.6) is 0 Å². The molecular formula is C29H33ClFN3O4S. The Morgan fingerprint density at radius 3 is 2.23 bits per heavy atom. The monoisotopic (exact) mass is 573 g/mol. The van der Waals surface area contributed by atoms with Gasteiger partial charge in [0.25, 0.3) is 0 Å². The first-order valence-electron chi connectivity index (χ1n) is 12.6. The second-order valence-electron chi connectivity index (χ2n) is 9.42. The van der Waals surface area contributed by atoms with Gasteiger partial charge in [-0.3, -0.25) is 13.9 Å². The summed E-state index contributed by atoms with van der Waals surface area (Å²) in [5.41, 5.74) is 1.64. The summed E-state index contributed by atoms with van der Waals surface area (Å²) in [6.07, 6.45) is 1.89. The van der Waals surface area contributed by atoms with Gasteiger partial charge in [0.15, 0.2) is 0 Å². The van der Waals surface area contributed by atoms with Crippen molar-refractivity contribution in [3.8, 4) is 0 Å². The molecule has 3 rings (SSSR count). The summed E-state index contributed by atoms with van der Waals surface area (Å²) >= 11 is 6.10. The number of carbonyl (C=O) groups excluding carboxylic acids is 2. The Morgan fingerprint density at radius 1 is 0.974 bits per heavy atom. The SMILES string of the molecule is CC[C@H](C)NC(=O)[C@@H](Cc1ccccc1)N(Cc1ccc(F)cc1)C(=O)CN(c1cccc(Cl)c1)S(C)(=O)=O. The van der Waals surface area contributed by atoms with Crippen LogP contribution in [-0.4, -0.2) is 50.0 Å². The fourth-order valence-corrected chi connectivity index (χ4v) is 5.05. The number of nitrogens with zero attached hydrogens (tertiary/aromatic N) is 2. The predicted octanol–water partition coefficient (Wildman–Crippen LogP) is 4.80. The van der Waals surface area contributed by atoms with Crippen molar-refractivity contribution in [3.63, 3.8) is 0 Å². The summed E-state index contributed by atoms with van der Waals surface area (Å²) in [5, 5.41) is 3.27. The van der Waals surface area contributed by atoms with Crippen molar-refractivity contribution in [3.05, 3.63) is 101 Å². The van der Waals surface area contributed by atoms with Crippen molar-refractivity contribution in [1.29, 1.82) is 0 Å². The molecule has 0 spiro atoms. The second kappa shape index (κ2) is 13.6. The number of halogens is 2. The summed E-state index contributed by atoms with van der Waals surface area (Å²) in [6, 6.07) is 20.0. The second-order valence-corrected chi connectivity index (χ2v) is 11.8. The normalized spacial score (nSPS) is 12.8. The largest absolute Gasteiger partial charge is 0.352 e. The highest BCUT2D eigenvalue weighted by molar-refractivity contribution is 7.92. The van der Waals surface area contributed by atoms with Crippen molar-refractivity contribution in [1.82, 2.24) is 10.2 Å². The lowest BCUT2D eigenvalue weighted by atomic mass is 10.0. The van der Waals surface area contributed by atoms with E-state index >= 15 is 0 Å². The Balaban J connectivity index is 2.05. The van der Waals surface area contributed by atoms with E-state index in [4.69, 9.17) is 11.6 Å². The smallest absolute Gasteiger partial charge is 0.244 e. The van der Waals surface area contributed by atoms with E-state index in [0.29, 0.717) is 17.0 Å². The quantitative estimate of drug-likeness (QED) is 0.337. The minimum absolute atomic E-state index is 0.0301. The average Bonchev–Trinajstić information content (AvgIpc) is 2.90. The van der Waals surface area contributed by atoms with Crippen LogP contribution >= 0.6 is 11.6 Å². The zero-order valence-electron chi connectivity index (χ0n) is 22.2. The zero-order valence-corrected chi connectivity index (χ0v) is 23.8. The summed E-state index contributed by atoms with van der Waals surface area (Å²) in [5.74, 6) is -1.39. The number of nitrogens with one attached hydrogen (secondary N) is 1. The molecule has 0 fully saturated rings. The van der Waals surface area contributed by atoms with Gasteiger partial charge in [-0.15, -0.1) is 0 Å². The van der Waals surface area contributed by atoms with E-state index in [-0.39, 0.29) is 30.6 Å². The maximum Gasteiger partial charge on any atom is 0.244 e. The molecule has 0 aliphatic rings. The molecule has 2 amide bonds. The maximum absolute atomic E-state index is 14.0. The Hall–Kier alpha value is -3.43. The highest BCUT2D eigenvalue weighted by atomic mass is 35.5. The molecule has 0 saturated heterocycles. The van der Waals surface area contributed by atoms with E-state index < -0.39 is 34.3 Å². The van der Waals surface area contributed by atoms with Gasteiger partial charge in [-0.1, -0.05) is 67.1 Å². The Labute approximate surface area is 234 Å². The predicted molar refractivity (Wildman–Crippen MR) is 152 cm³/mol. The fraction of sp³-hybridized carbons (Fsp3) is 0.310. The van der Waals surface area contributed by atoms with E-state index in [2.05, 4.69) is 5.32 Å². The summed E-state index contributed by atoms with van der Waals surface area (Å²) < 4.78 is 40.1. The molecule has 0 saturated carbocycles. The fourth-order valence-electron chi connectivity index (χ4n) is 4.03. The molecule has 7 nitrogen and oxygen atoms in total. The zero-order chi connectivity index (χ0) is 28.6. The van der Waals surface area contributed by atoms with E-state index in [0.717, 1.165) is 16.1 Å². The molecule has 0 unspecified atom stereocenters. The third-order valence-electron chi connectivity index (χ3n) is 6.31. The lowest BCUT2D eigenvalue weighted by Gasteiger charge is -2.34. The van der Waals surface area contributed by atoms with E-state index in [9.17, 15) is 22.4 Å². The van der Waals surface area contributed by atoms with Crippen LogP contribution in [0.2, 0.25) is 5.02 Å². The number of rotatable bonds is 12. The number of hydrogen-bond acceptors (Lipinski definition) is 4. The number of benzene rings is 3. The van der Waals surface area contributed by atoms with Crippen LogP contribution in [0.4, 0.5) is 10.1 Å². The van der Waals surface area contributed by atoms with Gasteiger partial charge in [-0.05, 0) is 54.8 Å². The highest BCUT2D eigenvalue weighted by Crippen LogP contribution is 2.23.